The van der Waals surface area contributed by atoms with Gasteiger partial charge in [-0.1, -0.05) is 0 Å². The topological polar surface area (TPSA) is 26.0 Å². The summed E-state index contributed by atoms with van der Waals surface area (Å²) in [5.41, 5.74) is 5.79. The molecule has 1 atom stereocenters. The van der Waals surface area contributed by atoms with Gasteiger partial charge in [0.25, 0.3) is 0 Å². The number of hydrogen-bond donors (Lipinski definition) is 1. The Morgan fingerprint density at radius 2 is 2.08 bits per heavy atom. The predicted molar refractivity (Wildman–Crippen MR) is 43.7 cm³/mol. The van der Waals surface area contributed by atoms with Gasteiger partial charge >= 0.3 is 0 Å². The summed E-state index contributed by atoms with van der Waals surface area (Å²) >= 11 is 0. The maximum Gasteiger partial charge on any atom is 0.126 e. The van der Waals surface area contributed by atoms with Crippen molar-refractivity contribution in [3.8, 4) is 0 Å². The second-order valence-corrected chi connectivity index (χ2v) is 2.92. The molecule has 1 nitrogen and oxygen atoms in total. The van der Waals surface area contributed by atoms with Crippen LogP contribution >= 0.6 is 0 Å². The molecule has 0 fully saturated rings. The molecule has 0 spiro atoms. The molecule has 1 aromatic carbocycles. The van der Waals surface area contributed by atoms with Gasteiger partial charge in [0, 0.05) is 6.04 Å². The second kappa shape index (κ2) is 3.63. The molecular formula is C9H11F2N. The third-order valence-electron chi connectivity index (χ3n) is 1.55. The van der Waals surface area contributed by atoms with Crippen molar-refractivity contribution in [1.29, 1.82) is 0 Å². The summed E-state index contributed by atoms with van der Waals surface area (Å²) < 4.78 is 25.5. The van der Waals surface area contributed by atoms with E-state index in [0.29, 0.717) is 12.0 Å². The van der Waals surface area contributed by atoms with E-state index in [-0.39, 0.29) is 6.04 Å². The zero-order valence-corrected chi connectivity index (χ0v) is 6.85. The summed E-state index contributed by atoms with van der Waals surface area (Å²) in [5, 5.41) is 0. The summed E-state index contributed by atoms with van der Waals surface area (Å²) in [4.78, 5) is 0. The highest BCUT2D eigenvalue weighted by Crippen LogP contribution is 2.10. The van der Waals surface area contributed by atoms with Crippen LogP contribution in [0.2, 0.25) is 0 Å². The molecule has 12 heavy (non-hydrogen) atoms. The fourth-order valence-corrected chi connectivity index (χ4v) is 1.05. The minimum Gasteiger partial charge on any atom is -0.328 e. The first kappa shape index (κ1) is 9.13. The van der Waals surface area contributed by atoms with Crippen LogP contribution in [0.15, 0.2) is 18.2 Å². The number of rotatable bonds is 2. The summed E-state index contributed by atoms with van der Waals surface area (Å²) in [5.74, 6) is -0.819. The van der Waals surface area contributed by atoms with E-state index in [1.54, 1.807) is 6.92 Å². The zero-order valence-electron chi connectivity index (χ0n) is 6.85. The molecule has 1 rings (SSSR count). The predicted octanol–water partition coefficient (Wildman–Crippen LogP) is 1.85. The largest absolute Gasteiger partial charge is 0.328 e. The Bertz CT molecular complexity index is 271. The van der Waals surface area contributed by atoms with E-state index < -0.39 is 11.6 Å². The van der Waals surface area contributed by atoms with Crippen LogP contribution in [0.1, 0.15) is 12.5 Å². The first-order chi connectivity index (χ1) is 5.59. The Labute approximate surface area is 70.2 Å². The number of hydrogen-bond acceptors (Lipinski definition) is 1. The van der Waals surface area contributed by atoms with Crippen LogP contribution in [-0.2, 0) is 6.42 Å². The molecule has 0 aliphatic rings. The third-order valence-corrected chi connectivity index (χ3v) is 1.55. The highest BCUT2D eigenvalue weighted by Gasteiger charge is 2.05. The van der Waals surface area contributed by atoms with E-state index in [2.05, 4.69) is 0 Å². The highest BCUT2D eigenvalue weighted by molar-refractivity contribution is 5.19. The van der Waals surface area contributed by atoms with Crippen molar-refractivity contribution in [3.05, 3.63) is 35.4 Å². The van der Waals surface area contributed by atoms with Crippen LogP contribution in [0.5, 0.6) is 0 Å². The lowest BCUT2D eigenvalue weighted by atomic mass is 10.1. The van der Waals surface area contributed by atoms with Crippen LogP contribution < -0.4 is 5.73 Å². The molecule has 0 aliphatic carbocycles. The molecule has 0 heterocycles. The van der Waals surface area contributed by atoms with Crippen LogP contribution in [-0.4, -0.2) is 6.04 Å². The number of benzene rings is 1. The Morgan fingerprint density at radius 3 is 2.67 bits per heavy atom. The van der Waals surface area contributed by atoms with Gasteiger partial charge in [0.05, 0.1) is 0 Å². The molecule has 0 unspecified atom stereocenters. The van der Waals surface area contributed by atoms with E-state index in [9.17, 15) is 8.78 Å². The van der Waals surface area contributed by atoms with Gasteiger partial charge < -0.3 is 5.73 Å². The van der Waals surface area contributed by atoms with Gasteiger partial charge in [-0.15, -0.1) is 0 Å². The Kier molecular flexibility index (Phi) is 2.76. The van der Waals surface area contributed by atoms with Crippen molar-refractivity contribution in [2.75, 3.05) is 0 Å². The van der Waals surface area contributed by atoms with Crippen LogP contribution in [0.4, 0.5) is 8.78 Å². The molecule has 1 aromatic rings. The van der Waals surface area contributed by atoms with Crippen LogP contribution in [0.3, 0.4) is 0 Å². The van der Waals surface area contributed by atoms with Crippen molar-refractivity contribution in [1.82, 2.24) is 0 Å². The van der Waals surface area contributed by atoms with E-state index >= 15 is 0 Å². The summed E-state index contributed by atoms with van der Waals surface area (Å²) in [6, 6.07) is 3.24. The van der Waals surface area contributed by atoms with Crippen molar-refractivity contribution in [3.63, 3.8) is 0 Å². The Balaban J connectivity index is 2.90. The average Bonchev–Trinajstić information content (AvgIpc) is 1.96. The Morgan fingerprint density at radius 1 is 1.42 bits per heavy atom. The smallest absolute Gasteiger partial charge is 0.126 e. The molecule has 0 aliphatic heterocycles. The normalized spacial score (nSPS) is 13.0. The lowest BCUT2D eigenvalue weighted by molar-refractivity contribution is 0.575. The van der Waals surface area contributed by atoms with E-state index in [1.165, 1.54) is 6.07 Å². The van der Waals surface area contributed by atoms with Gasteiger partial charge in [-0.25, -0.2) is 8.78 Å². The van der Waals surface area contributed by atoms with Crippen molar-refractivity contribution in [2.24, 2.45) is 5.73 Å². The van der Waals surface area contributed by atoms with Gasteiger partial charge in [-0.3, -0.25) is 0 Å². The third kappa shape index (κ3) is 2.27. The van der Waals surface area contributed by atoms with Crippen molar-refractivity contribution >= 4 is 0 Å². The highest BCUT2D eigenvalue weighted by atomic mass is 19.1. The minimum absolute atomic E-state index is 0.152. The summed E-state index contributed by atoms with van der Waals surface area (Å²) in [7, 11) is 0. The maximum absolute atomic E-state index is 12.9. The van der Waals surface area contributed by atoms with E-state index in [4.69, 9.17) is 5.73 Å². The van der Waals surface area contributed by atoms with Gasteiger partial charge in [-0.2, -0.15) is 0 Å². The molecule has 0 amide bonds. The number of nitrogens with two attached hydrogens (primary N) is 1. The zero-order chi connectivity index (χ0) is 9.14. The van der Waals surface area contributed by atoms with Gasteiger partial charge in [0.15, 0.2) is 0 Å². The van der Waals surface area contributed by atoms with Gasteiger partial charge in [-0.05, 0) is 37.1 Å². The Hall–Kier alpha value is -0.960. The molecule has 2 N–H and O–H groups in total. The molecule has 0 radical (unpaired) electrons. The average molecular weight is 171 g/mol. The van der Waals surface area contributed by atoms with Gasteiger partial charge in [0.1, 0.15) is 11.6 Å². The monoisotopic (exact) mass is 171 g/mol. The molecule has 3 heteroatoms. The molecule has 0 saturated carbocycles. The van der Waals surface area contributed by atoms with Crippen molar-refractivity contribution in [2.45, 2.75) is 19.4 Å². The molecule has 66 valence electrons. The second-order valence-electron chi connectivity index (χ2n) is 2.92. The van der Waals surface area contributed by atoms with E-state index in [0.717, 1.165) is 12.1 Å². The van der Waals surface area contributed by atoms with Crippen molar-refractivity contribution < 1.29 is 8.78 Å². The number of halogens is 2. The molecular weight excluding hydrogens is 160 g/mol. The van der Waals surface area contributed by atoms with E-state index in [1.807, 2.05) is 0 Å². The fourth-order valence-electron chi connectivity index (χ4n) is 1.05. The first-order valence-corrected chi connectivity index (χ1v) is 3.79. The SMILES string of the molecule is C[C@@H](N)Cc1cc(F)ccc1F. The molecule has 0 aromatic heterocycles. The molecule has 0 bridgehead atoms. The lowest BCUT2D eigenvalue weighted by Crippen LogP contribution is -2.18. The minimum atomic E-state index is -0.424. The molecule has 0 saturated heterocycles. The van der Waals surface area contributed by atoms with Crippen LogP contribution in [0, 0.1) is 11.6 Å². The van der Waals surface area contributed by atoms with Crippen LogP contribution in [0.25, 0.3) is 0 Å². The standard InChI is InChI=1S/C9H11F2N/c1-6(12)4-7-5-8(10)2-3-9(7)11/h2-3,5-6H,4,12H2,1H3/t6-/m1/s1. The summed E-state index contributed by atoms with van der Waals surface area (Å²) in [6.07, 6.45) is 0.365. The first-order valence-electron chi connectivity index (χ1n) is 3.79. The van der Waals surface area contributed by atoms with Gasteiger partial charge in [0.2, 0.25) is 0 Å². The summed E-state index contributed by atoms with van der Waals surface area (Å²) in [6.45, 7) is 1.75. The fraction of sp³-hybridized carbons (Fsp3) is 0.333. The maximum atomic E-state index is 12.9. The lowest BCUT2D eigenvalue weighted by Gasteiger charge is -2.05. The quantitative estimate of drug-likeness (QED) is 0.722.